The van der Waals surface area contributed by atoms with Gasteiger partial charge in [0.1, 0.15) is 0 Å². The van der Waals surface area contributed by atoms with Crippen molar-refractivity contribution in [1.82, 2.24) is 10.3 Å². The number of aliphatic hydroxyl groups excluding tert-OH is 1. The van der Waals surface area contributed by atoms with Gasteiger partial charge in [-0.1, -0.05) is 60.7 Å². The number of aliphatic hydroxyl groups is 1. The first-order valence-electron chi connectivity index (χ1n) is 9.62. The molecule has 5 heteroatoms. The molecule has 0 radical (unpaired) electrons. The number of urea groups is 1. The number of fused-ring (bicyclic) bond motifs is 1. The zero-order chi connectivity index (χ0) is 20.1. The summed E-state index contributed by atoms with van der Waals surface area (Å²) in [6.07, 6.45) is 2.47. The fourth-order valence-electron chi connectivity index (χ4n) is 3.46. The van der Waals surface area contributed by atoms with Crippen molar-refractivity contribution >= 4 is 22.6 Å². The molecule has 5 nitrogen and oxygen atoms in total. The van der Waals surface area contributed by atoms with Gasteiger partial charge in [-0.25, -0.2) is 4.79 Å². The topological polar surface area (TPSA) is 77.2 Å². The summed E-state index contributed by atoms with van der Waals surface area (Å²) in [6, 6.07) is 25.0. The maximum Gasteiger partial charge on any atom is 0.319 e. The highest BCUT2D eigenvalue weighted by molar-refractivity contribution is 5.90. The molecule has 0 aliphatic rings. The standard InChI is InChI=1S/C24H23N3O2/c28-16-21(14-19-15-25-23-9-5-4-8-22(19)23)27-24(29)26-20-12-10-18(11-13-20)17-6-2-1-3-7-17/h1-13,15,21,25,28H,14,16H2,(H2,26,27,29). The van der Waals surface area contributed by atoms with Crippen molar-refractivity contribution in [3.63, 3.8) is 0 Å². The van der Waals surface area contributed by atoms with Gasteiger partial charge < -0.3 is 20.7 Å². The van der Waals surface area contributed by atoms with Gasteiger partial charge in [0.05, 0.1) is 12.6 Å². The van der Waals surface area contributed by atoms with Crippen molar-refractivity contribution in [2.45, 2.75) is 12.5 Å². The van der Waals surface area contributed by atoms with Crippen LogP contribution in [0.3, 0.4) is 0 Å². The van der Waals surface area contributed by atoms with Crippen LogP contribution >= 0.6 is 0 Å². The molecule has 4 N–H and O–H groups in total. The molecule has 3 aromatic carbocycles. The quantitative estimate of drug-likeness (QED) is 0.393. The van der Waals surface area contributed by atoms with Gasteiger partial charge in [0.2, 0.25) is 0 Å². The molecular formula is C24H23N3O2. The number of hydrogen-bond acceptors (Lipinski definition) is 2. The molecule has 1 atom stereocenters. The van der Waals surface area contributed by atoms with Crippen LogP contribution < -0.4 is 10.6 Å². The Bertz CT molecular complexity index is 1090. The number of para-hydroxylation sites is 1. The van der Waals surface area contributed by atoms with E-state index in [4.69, 9.17) is 0 Å². The van der Waals surface area contributed by atoms with Crippen LogP contribution in [0.4, 0.5) is 10.5 Å². The summed E-state index contributed by atoms with van der Waals surface area (Å²) in [4.78, 5) is 15.6. The van der Waals surface area contributed by atoms with Crippen LogP contribution in [-0.2, 0) is 6.42 Å². The van der Waals surface area contributed by atoms with Gasteiger partial charge in [0.25, 0.3) is 0 Å². The Labute approximate surface area is 169 Å². The minimum atomic E-state index is -0.377. The van der Waals surface area contributed by atoms with Crippen molar-refractivity contribution in [2.24, 2.45) is 0 Å². The van der Waals surface area contributed by atoms with Crippen LogP contribution in [0.25, 0.3) is 22.0 Å². The molecule has 0 aliphatic carbocycles. The van der Waals surface area contributed by atoms with Gasteiger partial charge in [-0.3, -0.25) is 0 Å². The molecule has 1 heterocycles. The van der Waals surface area contributed by atoms with Crippen molar-refractivity contribution in [2.75, 3.05) is 11.9 Å². The molecule has 0 aliphatic heterocycles. The van der Waals surface area contributed by atoms with Crippen molar-refractivity contribution in [3.8, 4) is 11.1 Å². The lowest BCUT2D eigenvalue weighted by molar-refractivity contribution is 0.224. The highest BCUT2D eigenvalue weighted by atomic mass is 16.3. The number of hydrogen-bond donors (Lipinski definition) is 4. The number of anilines is 1. The predicted octanol–water partition coefficient (Wildman–Crippen LogP) is 4.56. The molecule has 2 amide bonds. The van der Waals surface area contributed by atoms with Crippen LogP contribution in [0.5, 0.6) is 0 Å². The summed E-state index contributed by atoms with van der Waals surface area (Å²) in [7, 11) is 0. The summed E-state index contributed by atoms with van der Waals surface area (Å²) in [6.45, 7) is -0.139. The minimum absolute atomic E-state index is 0.139. The van der Waals surface area contributed by atoms with Crippen LogP contribution in [0, 0.1) is 0 Å². The van der Waals surface area contributed by atoms with E-state index in [9.17, 15) is 9.90 Å². The second kappa shape index (κ2) is 8.63. The van der Waals surface area contributed by atoms with E-state index in [1.165, 1.54) is 0 Å². The molecule has 29 heavy (non-hydrogen) atoms. The maximum atomic E-state index is 12.4. The monoisotopic (exact) mass is 385 g/mol. The van der Waals surface area contributed by atoms with Gasteiger partial charge in [-0.15, -0.1) is 0 Å². The Morgan fingerprint density at radius 1 is 0.897 bits per heavy atom. The highest BCUT2D eigenvalue weighted by Gasteiger charge is 2.14. The van der Waals surface area contributed by atoms with Crippen molar-refractivity contribution in [1.29, 1.82) is 0 Å². The fourth-order valence-corrected chi connectivity index (χ4v) is 3.46. The van der Waals surface area contributed by atoms with Crippen LogP contribution in [0.1, 0.15) is 5.56 Å². The molecule has 0 fully saturated rings. The molecular weight excluding hydrogens is 362 g/mol. The summed E-state index contributed by atoms with van der Waals surface area (Å²) in [5.41, 5.74) is 5.02. The number of aromatic amines is 1. The van der Waals surface area contributed by atoms with E-state index < -0.39 is 0 Å². The van der Waals surface area contributed by atoms with E-state index in [2.05, 4.69) is 15.6 Å². The second-order valence-electron chi connectivity index (χ2n) is 6.98. The summed E-state index contributed by atoms with van der Waals surface area (Å²) in [5.74, 6) is 0. The average molecular weight is 385 g/mol. The smallest absolute Gasteiger partial charge is 0.319 e. The molecule has 0 saturated heterocycles. The van der Waals surface area contributed by atoms with Crippen molar-refractivity contribution < 1.29 is 9.90 Å². The molecule has 4 rings (SSSR count). The number of benzene rings is 3. The number of carbonyl (C=O) groups excluding carboxylic acids is 1. The normalized spacial score (nSPS) is 11.9. The first-order chi connectivity index (χ1) is 14.2. The number of carbonyl (C=O) groups is 1. The highest BCUT2D eigenvalue weighted by Crippen LogP contribution is 2.21. The van der Waals surface area contributed by atoms with E-state index in [0.717, 1.165) is 27.6 Å². The van der Waals surface area contributed by atoms with Gasteiger partial charge in [-0.05, 0) is 41.3 Å². The van der Waals surface area contributed by atoms with Gasteiger partial charge in [0, 0.05) is 22.8 Å². The molecule has 1 unspecified atom stereocenters. The van der Waals surface area contributed by atoms with Gasteiger partial charge in [-0.2, -0.15) is 0 Å². The largest absolute Gasteiger partial charge is 0.394 e. The third-order valence-electron chi connectivity index (χ3n) is 4.95. The zero-order valence-electron chi connectivity index (χ0n) is 15.9. The number of aromatic nitrogens is 1. The number of amides is 2. The van der Waals surface area contributed by atoms with Crippen LogP contribution in [0.15, 0.2) is 85.1 Å². The summed E-state index contributed by atoms with van der Waals surface area (Å²) in [5, 5.41) is 16.5. The first kappa shape index (κ1) is 18.8. The summed E-state index contributed by atoms with van der Waals surface area (Å²) >= 11 is 0. The van der Waals surface area contributed by atoms with Crippen LogP contribution in [-0.4, -0.2) is 28.8 Å². The molecule has 0 spiro atoms. The number of H-pyrrole nitrogens is 1. The lowest BCUT2D eigenvalue weighted by Gasteiger charge is -2.17. The molecule has 0 bridgehead atoms. The van der Waals surface area contributed by atoms with Gasteiger partial charge in [0.15, 0.2) is 0 Å². The van der Waals surface area contributed by atoms with Crippen molar-refractivity contribution in [3.05, 3.63) is 90.6 Å². The number of rotatable bonds is 6. The Morgan fingerprint density at radius 2 is 1.59 bits per heavy atom. The lowest BCUT2D eigenvalue weighted by atomic mass is 10.1. The summed E-state index contributed by atoms with van der Waals surface area (Å²) < 4.78 is 0. The van der Waals surface area contributed by atoms with E-state index in [1.807, 2.05) is 85.1 Å². The molecule has 0 saturated carbocycles. The zero-order valence-corrected chi connectivity index (χ0v) is 15.9. The second-order valence-corrected chi connectivity index (χ2v) is 6.98. The Morgan fingerprint density at radius 3 is 2.34 bits per heavy atom. The number of nitrogens with one attached hydrogen (secondary N) is 3. The van der Waals surface area contributed by atoms with Gasteiger partial charge >= 0.3 is 6.03 Å². The fraction of sp³-hybridized carbons (Fsp3) is 0.125. The first-order valence-corrected chi connectivity index (χ1v) is 9.62. The molecule has 146 valence electrons. The van der Waals surface area contributed by atoms with E-state index in [1.54, 1.807) is 0 Å². The maximum absolute atomic E-state index is 12.4. The third-order valence-corrected chi connectivity index (χ3v) is 4.95. The predicted molar refractivity (Wildman–Crippen MR) is 117 cm³/mol. The molecule has 1 aromatic heterocycles. The Hall–Kier alpha value is -3.57. The average Bonchev–Trinajstić information content (AvgIpc) is 3.17. The SMILES string of the molecule is O=C(Nc1ccc(-c2ccccc2)cc1)NC(CO)Cc1c[nH]c2ccccc12. The Balaban J connectivity index is 1.38. The minimum Gasteiger partial charge on any atom is -0.394 e. The van der Waals surface area contributed by atoms with Crippen LogP contribution in [0.2, 0.25) is 0 Å². The Kier molecular flexibility index (Phi) is 5.59. The lowest BCUT2D eigenvalue weighted by Crippen LogP contribution is -2.41. The van der Waals surface area contributed by atoms with E-state index in [0.29, 0.717) is 12.1 Å². The molecule has 4 aromatic rings. The van der Waals surface area contributed by atoms with E-state index in [-0.39, 0.29) is 18.7 Å². The third kappa shape index (κ3) is 4.47. The van der Waals surface area contributed by atoms with E-state index >= 15 is 0 Å².